The van der Waals surface area contributed by atoms with Crippen LogP contribution in [0.3, 0.4) is 0 Å². The third-order valence-corrected chi connectivity index (χ3v) is 6.88. The lowest BCUT2D eigenvalue weighted by Crippen LogP contribution is -2.53. The quantitative estimate of drug-likeness (QED) is 0.754. The van der Waals surface area contributed by atoms with E-state index < -0.39 is 6.04 Å². The standard InChI is InChI=1S/C24H29N5O2/c30-21-9-4-8-20-18-14-19(16-28(15-18)24-26-11-5-12-27-24)22(29(20)21)23(31)25-13-10-17-6-2-1-3-7-17/h4-6,8-9,11-12,18-19,22H,1-3,7,10,13-16H2,(H,25,31)/t18-,19+,22+/m0/s1. The number of anilines is 1. The van der Waals surface area contributed by atoms with Gasteiger partial charge in [0.25, 0.3) is 5.56 Å². The third-order valence-electron chi connectivity index (χ3n) is 6.88. The summed E-state index contributed by atoms with van der Waals surface area (Å²) in [6.07, 6.45) is 12.4. The zero-order chi connectivity index (χ0) is 21.2. The van der Waals surface area contributed by atoms with E-state index in [9.17, 15) is 9.59 Å². The number of nitrogens with one attached hydrogen (secondary N) is 1. The van der Waals surface area contributed by atoms with Crippen LogP contribution in [0.15, 0.2) is 53.1 Å². The molecule has 31 heavy (non-hydrogen) atoms. The van der Waals surface area contributed by atoms with E-state index in [0.717, 1.165) is 37.9 Å². The van der Waals surface area contributed by atoms with Crippen LogP contribution in [-0.2, 0) is 4.79 Å². The average Bonchev–Trinajstić information content (AvgIpc) is 2.81. The first kappa shape index (κ1) is 20.0. The van der Waals surface area contributed by atoms with Gasteiger partial charge >= 0.3 is 0 Å². The van der Waals surface area contributed by atoms with Crippen molar-refractivity contribution in [3.63, 3.8) is 0 Å². The Hall–Kier alpha value is -2.96. The zero-order valence-corrected chi connectivity index (χ0v) is 17.7. The van der Waals surface area contributed by atoms with Gasteiger partial charge in [-0.3, -0.25) is 14.2 Å². The van der Waals surface area contributed by atoms with Crippen LogP contribution in [0.2, 0.25) is 0 Å². The number of hydrogen-bond donors (Lipinski definition) is 1. The number of aromatic nitrogens is 3. The lowest BCUT2D eigenvalue weighted by molar-refractivity contribution is -0.126. The lowest BCUT2D eigenvalue weighted by atomic mass is 9.78. The monoisotopic (exact) mass is 419 g/mol. The Bertz CT molecular complexity index is 1030. The Morgan fingerprint density at radius 3 is 2.81 bits per heavy atom. The third kappa shape index (κ3) is 4.01. The minimum absolute atomic E-state index is 0.0454. The highest BCUT2D eigenvalue weighted by atomic mass is 16.2. The van der Waals surface area contributed by atoms with E-state index in [2.05, 4.69) is 26.3 Å². The van der Waals surface area contributed by atoms with Gasteiger partial charge in [0.2, 0.25) is 11.9 Å². The molecule has 0 spiro atoms. The lowest BCUT2D eigenvalue weighted by Gasteiger charge is -2.46. The van der Waals surface area contributed by atoms with Crippen molar-refractivity contribution in [3.05, 3.63) is 64.4 Å². The number of carbonyl (C=O) groups is 1. The summed E-state index contributed by atoms with van der Waals surface area (Å²) in [4.78, 5) is 37.2. The summed E-state index contributed by atoms with van der Waals surface area (Å²) in [5.41, 5.74) is 2.30. The molecule has 0 saturated carbocycles. The molecule has 2 aromatic heterocycles. The molecule has 162 valence electrons. The van der Waals surface area contributed by atoms with E-state index in [-0.39, 0.29) is 23.3 Å². The molecule has 4 heterocycles. The van der Waals surface area contributed by atoms with Crippen LogP contribution >= 0.6 is 0 Å². The van der Waals surface area contributed by atoms with E-state index in [1.807, 2.05) is 6.07 Å². The van der Waals surface area contributed by atoms with Crippen molar-refractivity contribution in [2.45, 2.75) is 50.5 Å². The maximum Gasteiger partial charge on any atom is 0.251 e. The van der Waals surface area contributed by atoms with Crippen molar-refractivity contribution in [1.29, 1.82) is 0 Å². The minimum Gasteiger partial charge on any atom is -0.354 e. The fourth-order valence-corrected chi connectivity index (χ4v) is 5.47. The van der Waals surface area contributed by atoms with Crippen molar-refractivity contribution in [1.82, 2.24) is 19.9 Å². The summed E-state index contributed by atoms with van der Waals surface area (Å²) >= 11 is 0. The van der Waals surface area contributed by atoms with Crippen LogP contribution in [0, 0.1) is 5.92 Å². The Balaban J connectivity index is 1.39. The number of piperidine rings is 1. The van der Waals surface area contributed by atoms with Crippen molar-refractivity contribution < 1.29 is 4.79 Å². The molecule has 2 aliphatic heterocycles. The highest BCUT2D eigenvalue weighted by Gasteiger charge is 2.44. The van der Waals surface area contributed by atoms with E-state index in [1.165, 1.54) is 18.4 Å². The van der Waals surface area contributed by atoms with Gasteiger partial charge < -0.3 is 10.2 Å². The van der Waals surface area contributed by atoms with Gasteiger partial charge in [0.1, 0.15) is 6.04 Å². The molecule has 5 rings (SSSR count). The smallest absolute Gasteiger partial charge is 0.251 e. The number of carbonyl (C=O) groups excluding carboxylic acids is 1. The van der Waals surface area contributed by atoms with Crippen LogP contribution in [0.25, 0.3) is 0 Å². The molecule has 1 saturated heterocycles. The molecule has 3 atom stereocenters. The highest BCUT2D eigenvalue weighted by Crippen LogP contribution is 2.41. The second kappa shape index (κ2) is 8.65. The van der Waals surface area contributed by atoms with Crippen LogP contribution in [0.1, 0.15) is 56.2 Å². The molecule has 0 aromatic carbocycles. The number of fused-ring (bicyclic) bond motifs is 4. The van der Waals surface area contributed by atoms with Gasteiger partial charge in [-0.05, 0) is 50.7 Å². The van der Waals surface area contributed by atoms with Gasteiger partial charge in [-0.25, -0.2) is 9.97 Å². The van der Waals surface area contributed by atoms with Gasteiger partial charge in [-0.15, -0.1) is 0 Å². The minimum atomic E-state index is -0.494. The van der Waals surface area contributed by atoms with E-state index in [1.54, 1.807) is 35.2 Å². The molecule has 1 fully saturated rings. The Labute approximate surface area is 182 Å². The van der Waals surface area contributed by atoms with Gasteiger partial charge in [-0.1, -0.05) is 17.7 Å². The predicted molar refractivity (Wildman–Crippen MR) is 119 cm³/mol. The second-order valence-corrected chi connectivity index (χ2v) is 8.90. The van der Waals surface area contributed by atoms with Crippen molar-refractivity contribution in [2.24, 2.45) is 5.92 Å². The molecule has 2 bridgehead atoms. The van der Waals surface area contributed by atoms with E-state index in [0.29, 0.717) is 19.0 Å². The van der Waals surface area contributed by atoms with Gasteiger partial charge in [0.05, 0.1) is 0 Å². The number of pyridine rings is 1. The highest BCUT2D eigenvalue weighted by molar-refractivity contribution is 5.81. The topological polar surface area (TPSA) is 80.1 Å². The summed E-state index contributed by atoms with van der Waals surface area (Å²) in [5.74, 6) is 0.870. The summed E-state index contributed by atoms with van der Waals surface area (Å²) in [6, 6.07) is 6.67. The maximum atomic E-state index is 13.4. The fourth-order valence-electron chi connectivity index (χ4n) is 5.47. The summed E-state index contributed by atoms with van der Waals surface area (Å²) in [5, 5.41) is 3.14. The SMILES string of the molecule is O=C(NCCC1=CCCCC1)[C@H]1[C@@H]2C[C@@H](CN(c3ncccn3)C2)c2cccc(=O)n21. The molecular weight excluding hydrogens is 390 g/mol. The Kier molecular flexibility index (Phi) is 5.57. The molecule has 7 nitrogen and oxygen atoms in total. The first-order chi connectivity index (χ1) is 15.2. The zero-order valence-electron chi connectivity index (χ0n) is 17.7. The van der Waals surface area contributed by atoms with Crippen molar-refractivity contribution in [2.75, 3.05) is 24.5 Å². The van der Waals surface area contributed by atoms with Crippen LogP contribution in [-0.4, -0.2) is 40.1 Å². The molecule has 1 N–H and O–H groups in total. The first-order valence-corrected chi connectivity index (χ1v) is 11.4. The molecule has 0 unspecified atom stereocenters. The molecule has 0 radical (unpaired) electrons. The molecule has 7 heteroatoms. The Morgan fingerprint density at radius 1 is 1.13 bits per heavy atom. The largest absolute Gasteiger partial charge is 0.354 e. The summed E-state index contributed by atoms with van der Waals surface area (Å²) in [7, 11) is 0. The average molecular weight is 420 g/mol. The van der Waals surface area contributed by atoms with Crippen LogP contribution in [0.5, 0.6) is 0 Å². The van der Waals surface area contributed by atoms with Gasteiger partial charge in [0, 0.05) is 55.6 Å². The molecular formula is C24H29N5O2. The number of allylic oxidation sites excluding steroid dienone is 1. The van der Waals surface area contributed by atoms with Crippen molar-refractivity contribution in [3.8, 4) is 0 Å². The Morgan fingerprint density at radius 2 is 2.00 bits per heavy atom. The fraction of sp³-hybridized carbons (Fsp3) is 0.500. The maximum absolute atomic E-state index is 13.4. The molecule has 2 aromatic rings. The van der Waals surface area contributed by atoms with Crippen LogP contribution in [0.4, 0.5) is 5.95 Å². The van der Waals surface area contributed by atoms with E-state index >= 15 is 0 Å². The van der Waals surface area contributed by atoms with Crippen molar-refractivity contribution >= 4 is 11.9 Å². The normalized spacial score (nSPS) is 24.8. The van der Waals surface area contributed by atoms with Gasteiger partial charge in [-0.2, -0.15) is 0 Å². The number of nitrogens with zero attached hydrogens (tertiary/aromatic N) is 4. The number of amides is 1. The number of rotatable bonds is 5. The molecule has 3 aliphatic rings. The second-order valence-electron chi connectivity index (χ2n) is 8.90. The molecule has 1 aliphatic carbocycles. The van der Waals surface area contributed by atoms with Gasteiger partial charge in [0.15, 0.2) is 0 Å². The first-order valence-electron chi connectivity index (χ1n) is 11.4. The molecule has 1 amide bonds. The summed E-state index contributed by atoms with van der Waals surface area (Å²) < 4.78 is 1.75. The number of hydrogen-bond acceptors (Lipinski definition) is 5. The summed E-state index contributed by atoms with van der Waals surface area (Å²) in [6.45, 7) is 2.05. The predicted octanol–water partition coefficient (Wildman–Crippen LogP) is 2.81. The van der Waals surface area contributed by atoms with Crippen LogP contribution < -0.4 is 15.8 Å². The van der Waals surface area contributed by atoms with E-state index in [4.69, 9.17) is 0 Å².